The van der Waals surface area contributed by atoms with Gasteiger partial charge in [-0.3, -0.25) is 9.69 Å². The number of hydrogen-bond donors (Lipinski definition) is 2. The van der Waals surface area contributed by atoms with Gasteiger partial charge in [-0.25, -0.2) is 15.0 Å². The Hall–Kier alpha value is -3.35. The number of amides is 1. The fraction of sp³-hybridized carbons (Fsp3) is 0.481. The lowest BCUT2D eigenvalue weighted by molar-refractivity contribution is -0.145. The summed E-state index contributed by atoms with van der Waals surface area (Å²) in [7, 11) is 0. The number of hydrogen-bond acceptors (Lipinski definition) is 8. The number of rotatable bonds is 7. The van der Waals surface area contributed by atoms with Crippen LogP contribution < -0.4 is 15.5 Å². The van der Waals surface area contributed by atoms with E-state index in [9.17, 15) is 18.0 Å². The molecule has 9 nitrogen and oxygen atoms in total. The molecule has 0 aliphatic carbocycles. The van der Waals surface area contributed by atoms with Crippen molar-refractivity contribution < 1.29 is 22.7 Å². The summed E-state index contributed by atoms with van der Waals surface area (Å²) in [5, 5.41) is 7.22. The van der Waals surface area contributed by atoms with Gasteiger partial charge < -0.3 is 20.3 Å². The minimum Gasteiger partial charge on any atom is -0.379 e. The van der Waals surface area contributed by atoms with Gasteiger partial charge in [0.2, 0.25) is 5.82 Å². The van der Waals surface area contributed by atoms with Gasteiger partial charge in [-0.2, -0.15) is 13.2 Å². The number of ether oxygens (including phenoxy) is 1. The summed E-state index contributed by atoms with van der Waals surface area (Å²) in [4.78, 5) is 29.6. The second-order valence-corrected chi connectivity index (χ2v) is 9.76. The minimum absolute atomic E-state index is 0.175. The molecular formula is C27H32F3N7O2. The van der Waals surface area contributed by atoms with Crippen molar-refractivity contribution in [1.29, 1.82) is 0 Å². The molecule has 0 radical (unpaired) electrons. The number of aromatic nitrogens is 3. The average Bonchev–Trinajstić information content (AvgIpc) is 2.97. The van der Waals surface area contributed by atoms with Gasteiger partial charge in [-0.05, 0) is 30.7 Å². The van der Waals surface area contributed by atoms with Crippen LogP contribution in [-0.2, 0) is 10.9 Å². The van der Waals surface area contributed by atoms with Crippen molar-refractivity contribution in [3.05, 3.63) is 59.7 Å². The number of halogens is 3. The molecule has 2 aliphatic rings. The van der Waals surface area contributed by atoms with Gasteiger partial charge >= 0.3 is 6.18 Å². The third-order valence-corrected chi connectivity index (χ3v) is 7.29. The number of anilines is 1. The summed E-state index contributed by atoms with van der Waals surface area (Å²) >= 11 is 0. The highest BCUT2D eigenvalue weighted by Crippen LogP contribution is 2.28. The van der Waals surface area contributed by atoms with Crippen LogP contribution in [0.5, 0.6) is 0 Å². The molecule has 0 spiro atoms. The topological polar surface area (TPSA) is 95.5 Å². The molecule has 2 saturated heterocycles. The molecule has 1 aromatic carbocycles. The van der Waals surface area contributed by atoms with Crippen molar-refractivity contribution in [2.45, 2.75) is 31.6 Å². The second kappa shape index (κ2) is 11.8. The zero-order valence-corrected chi connectivity index (χ0v) is 21.7. The summed E-state index contributed by atoms with van der Waals surface area (Å²) in [6, 6.07) is 9.35. The van der Waals surface area contributed by atoms with Crippen LogP contribution in [-0.4, -0.2) is 84.3 Å². The van der Waals surface area contributed by atoms with Crippen LogP contribution in [0.25, 0.3) is 10.9 Å². The minimum atomic E-state index is -4.62. The lowest BCUT2D eigenvalue weighted by Gasteiger charge is -2.34. The predicted octanol–water partition coefficient (Wildman–Crippen LogP) is 3.04. The molecule has 5 rings (SSSR count). The van der Waals surface area contributed by atoms with Gasteiger partial charge in [0.15, 0.2) is 0 Å². The Bertz CT molecular complexity index is 1280. The zero-order valence-electron chi connectivity index (χ0n) is 21.7. The maximum atomic E-state index is 13.4. The smallest absolute Gasteiger partial charge is 0.379 e. The van der Waals surface area contributed by atoms with Crippen LogP contribution in [0.15, 0.2) is 42.7 Å². The molecule has 4 heterocycles. The van der Waals surface area contributed by atoms with E-state index < -0.39 is 18.0 Å². The summed E-state index contributed by atoms with van der Waals surface area (Å²) in [5.41, 5.74) is 1.71. The highest BCUT2D eigenvalue weighted by Gasteiger charge is 2.35. The Balaban J connectivity index is 1.34. The van der Waals surface area contributed by atoms with E-state index in [0.717, 1.165) is 42.8 Å². The van der Waals surface area contributed by atoms with Gasteiger partial charge in [-0.1, -0.05) is 13.0 Å². The molecule has 12 heteroatoms. The fourth-order valence-electron chi connectivity index (χ4n) is 5.11. The molecule has 3 aromatic rings. The first-order chi connectivity index (χ1) is 18.8. The maximum absolute atomic E-state index is 13.4. The van der Waals surface area contributed by atoms with Crippen molar-refractivity contribution >= 4 is 22.6 Å². The quantitative estimate of drug-likeness (QED) is 0.470. The maximum Gasteiger partial charge on any atom is 0.451 e. The number of morpholine rings is 1. The van der Waals surface area contributed by atoms with Crippen LogP contribution in [0, 0.1) is 0 Å². The summed E-state index contributed by atoms with van der Waals surface area (Å²) < 4.78 is 44.4. The first-order valence-corrected chi connectivity index (χ1v) is 13.2. The first kappa shape index (κ1) is 27.2. The molecule has 2 aliphatic heterocycles. The van der Waals surface area contributed by atoms with Crippen LogP contribution in [0.3, 0.4) is 0 Å². The van der Waals surface area contributed by atoms with Gasteiger partial charge in [0, 0.05) is 74.2 Å². The lowest BCUT2D eigenvalue weighted by Crippen LogP contribution is -2.50. The van der Waals surface area contributed by atoms with E-state index in [-0.39, 0.29) is 12.5 Å². The Labute approximate surface area is 224 Å². The van der Waals surface area contributed by atoms with Crippen LogP contribution in [0.2, 0.25) is 0 Å². The van der Waals surface area contributed by atoms with Crippen molar-refractivity contribution in [2.24, 2.45) is 0 Å². The van der Waals surface area contributed by atoms with Crippen molar-refractivity contribution in [2.75, 3.05) is 57.4 Å². The predicted molar refractivity (Wildman–Crippen MR) is 141 cm³/mol. The Morgan fingerprint density at radius 3 is 2.64 bits per heavy atom. The van der Waals surface area contributed by atoms with Crippen molar-refractivity contribution in [3.8, 4) is 0 Å². The normalized spacial score (nSPS) is 19.7. The van der Waals surface area contributed by atoms with E-state index in [4.69, 9.17) is 9.72 Å². The standard InChI is InChI=1S/C27H32F3N7O2/c1-2-19-17-37(9-8-31-19)24-7-6-20-21(4-3-5-22(20)35-24)25(38)32-16-23(36-10-12-39-13-11-36)18-14-33-26(34-15-18)27(28,29)30/h3-7,14-15,19,23,31H,2,8-13,16-17H2,1H3,(H,32,38). The number of nitrogens with zero attached hydrogens (tertiary/aromatic N) is 5. The number of carbonyl (C=O) groups excluding carboxylic acids is 1. The number of nitrogens with one attached hydrogen (secondary N) is 2. The monoisotopic (exact) mass is 543 g/mol. The SMILES string of the molecule is CCC1CN(c2ccc3c(C(=O)NCC(c4cnc(C(F)(F)F)nc4)N4CCOCC4)cccc3n2)CCN1. The molecule has 0 saturated carbocycles. The molecule has 0 bridgehead atoms. The number of pyridine rings is 1. The van der Waals surface area contributed by atoms with Gasteiger partial charge in [0.25, 0.3) is 5.91 Å². The second-order valence-electron chi connectivity index (χ2n) is 9.76. The van der Waals surface area contributed by atoms with Crippen LogP contribution in [0.1, 0.15) is 41.1 Å². The van der Waals surface area contributed by atoms with Crippen molar-refractivity contribution in [3.63, 3.8) is 0 Å². The summed E-state index contributed by atoms with van der Waals surface area (Å²) in [6.45, 7) is 7.13. The Morgan fingerprint density at radius 1 is 1.15 bits per heavy atom. The van der Waals surface area contributed by atoms with E-state index in [0.29, 0.717) is 43.5 Å². The van der Waals surface area contributed by atoms with E-state index in [1.807, 2.05) is 24.3 Å². The van der Waals surface area contributed by atoms with E-state index >= 15 is 0 Å². The van der Waals surface area contributed by atoms with E-state index in [2.05, 4.69) is 37.3 Å². The number of carbonyl (C=O) groups is 1. The van der Waals surface area contributed by atoms with Gasteiger partial charge in [-0.15, -0.1) is 0 Å². The highest BCUT2D eigenvalue weighted by molar-refractivity contribution is 6.06. The highest BCUT2D eigenvalue weighted by atomic mass is 19.4. The summed E-state index contributed by atoms with van der Waals surface area (Å²) in [5.74, 6) is -0.589. The molecule has 2 N–H and O–H groups in total. The van der Waals surface area contributed by atoms with E-state index in [1.165, 1.54) is 12.4 Å². The molecule has 208 valence electrons. The third-order valence-electron chi connectivity index (χ3n) is 7.29. The van der Waals surface area contributed by atoms with Crippen molar-refractivity contribution in [1.82, 2.24) is 30.5 Å². The van der Waals surface area contributed by atoms with Gasteiger partial charge in [0.1, 0.15) is 5.82 Å². The molecule has 2 fully saturated rings. The molecule has 1 amide bonds. The zero-order chi connectivity index (χ0) is 27.4. The summed E-state index contributed by atoms with van der Waals surface area (Å²) in [6.07, 6.45) is -1.21. The lowest BCUT2D eigenvalue weighted by atomic mass is 10.1. The van der Waals surface area contributed by atoms with Gasteiger partial charge in [0.05, 0.1) is 24.8 Å². The van der Waals surface area contributed by atoms with Crippen LogP contribution in [0.4, 0.5) is 19.0 Å². The molecule has 2 aromatic heterocycles. The van der Waals surface area contributed by atoms with E-state index in [1.54, 1.807) is 6.07 Å². The molecule has 2 atom stereocenters. The largest absolute Gasteiger partial charge is 0.451 e. The average molecular weight is 544 g/mol. The fourth-order valence-corrected chi connectivity index (χ4v) is 5.11. The number of fused-ring (bicyclic) bond motifs is 1. The molecule has 39 heavy (non-hydrogen) atoms. The Morgan fingerprint density at radius 2 is 1.92 bits per heavy atom. The molecular weight excluding hydrogens is 511 g/mol. The van der Waals surface area contributed by atoms with Crippen LogP contribution >= 0.6 is 0 Å². The number of benzene rings is 1. The Kier molecular flexibility index (Phi) is 8.24. The number of alkyl halides is 3. The third kappa shape index (κ3) is 6.29. The number of piperazine rings is 1. The first-order valence-electron chi connectivity index (χ1n) is 13.2. The molecule has 2 unspecified atom stereocenters.